The molecule has 6 rings (SSSR count). The summed E-state index contributed by atoms with van der Waals surface area (Å²) in [6.07, 6.45) is 4.27. The van der Waals surface area contributed by atoms with Crippen LogP contribution in [0.5, 0.6) is 0 Å². The average molecular weight is 708 g/mol. The first-order valence-electron chi connectivity index (χ1n) is 17.9. The van der Waals surface area contributed by atoms with E-state index >= 15 is 0 Å². The van der Waals surface area contributed by atoms with E-state index < -0.39 is 12.1 Å². The Kier molecular flexibility index (Phi) is 12.2. The monoisotopic (exact) mass is 707 g/mol. The van der Waals surface area contributed by atoms with E-state index in [1.165, 1.54) is 12.8 Å². The minimum absolute atomic E-state index is 0.117. The van der Waals surface area contributed by atoms with Crippen LogP contribution in [0.25, 0.3) is 22.5 Å². The molecule has 1 saturated carbocycles. The Labute approximate surface area is 302 Å². The minimum atomic E-state index is -1.05. The third kappa shape index (κ3) is 10.00. The Bertz CT molecular complexity index is 1820. The zero-order valence-electron chi connectivity index (χ0n) is 29.0. The molecular weight excluding hydrogens is 662 g/mol. The highest BCUT2D eigenvalue weighted by molar-refractivity contribution is 5.98. The molecule has 1 aliphatic heterocycles. The van der Waals surface area contributed by atoms with Crippen LogP contribution < -0.4 is 21.3 Å². The van der Waals surface area contributed by atoms with Crippen molar-refractivity contribution in [2.45, 2.75) is 51.0 Å². The van der Waals surface area contributed by atoms with E-state index in [9.17, 15) is 19.2 Å². The van der Waals surface area contributed by atoms with Crippen LogP contribution >= 0.6 is 0 Å². The van der Waals surface area contributed by atoms with Gasteiger partial charge in [0.15, 0.2) is 0 Å². The van der Waals surface area contributed by atoms with Crippen molar-refractivity contribution in [3.05, 3.63) is 83.9 Å². The third-order valence-electron chi connectivity index (χ3n) is 9.89. The normalized spacial score (nSPS) is 17.9. The lowest BCUT2D eigenvalue weighted by molar-refractivity contribution is -0.130. The summed E-state index contributed by atoms with van der Waals surface area (Å²) in [7, 11) is 0. The molecule has 0 radical (unpaired) electrons. The zero-order valence-corrected chi connectivity index (χ0v) is 29.0. The molecule has 1 atom stereocenters. The average Bonchev–Trinajstić information content (AvgIpc) is 3.90. The second-order valence-electron chi connectivity index (χ2n) is 13.6. The summed E-state index contributed by atoms with van der Waals surface area (Å²) in [5, 5.41) is 34.4. The molecule has 1 saturated heterocycles. The summed E-state index contributed by atoms with van der Waals surface area (Å²) < 4.78 is 0. The van der Waals surface area contributed by atoms with E-state index in [4.69, 9.17) is 5.11 Å². The van der Waals surface area contributed by atoms with Gasteiger partial charge < -0.3 is 31.3 Å². The number of likely N-dealkylation sites (tertiary alicyclic amines) is 1. The van der Waals surface area contributed by atoms with Crippen LogP contribution in [0.15, 0.2) is 72.8 Å². The maximum Gasteiger partial charge on any atom is 0.404 e. The molecule has 1 aromatic heterocycles. The molecule has 4 aromatic rings. The van der Waals surface area contributed by atoms with E-state index in [0.717, 1.165) is 54.7 Å². The third-order valence-corrected chi connectivity index (χ3v) is 9.89. The molecule has 0 unspecified atom stereocenters. The van der Waals surface area contributed by atoms with Gasteiger partial charge in [-0.3, -0.25) is 14.4 Å². The molecule has 1 aliphatic carbocycles. The molecule has 14 nitrogen and oxygen atoms in total. The van der Waals surface area contributed by atoms with Crippen LogP contribution in [0.2, 0.25) is 0 Å². The lowest BCUT2D eigenvalue weighted by atomic mass is 9.81. The number of nitrogens with one attached hydrogen (secondary N) is 5. The van der Waals surface area contributed by atoms with Crippen LogP contribution in [0.3, 0.4) is 0 Å². The largest absolute Gasteiger partial charge is 0.465 e. The molecule has 0 bridgehead atoms. The van der Waals surface area contributed by atoms with Gasteiger partial charge in [-0.2, -0.15) is 5.21 Å². The van der Waals surface area contributed by atoms with Crippen LogP contribution in [-0.2, 0) is 16.0 Å². The molecule has 2 heterocycles. The number of aromatic nitrogens is 4. The summed E-state index contributed by atoms with van der Waals surface area (Å²) in [4.78, 5) is 53.7. The fourth-order valence-corrected chi connectivity index (χ4v) is 6.96. The number of rotatable bonds is 14. The SMILES string of the molecule is O=C(O)NCC1CCC(C(=O)N[C@@H](Cc2cccc(-c3cccc(C(=O)NCCN4CCCC4)c3)c2)C(=O)Nc2ccc(-c3nn[nH]n3)cc2)CC1. The number of hydrogen-bond donors (Lipinski definition) is 6. The smallest absolute Gasteiger partial charge is 0.404 e. The van der Waals surface area contributed by atoms with Gasteiger partial charge in [0.1, 0.15) is 6.04 Å². The second kappa shape index (κ2) is 17.5. The Hall–Kier alpha value is -5.63. The second-order valence-corrected chi connectivity index (χ2v) is 13.6. The molecule has 0 spiro atoms. The molecular formula is C38H45N9O5. The predicted octanol–water partition coefficient (Wildman–Crippen LogP) is 4.10. The minimum Gasteiger partial charge on any atom is -0.465 e. The molecule has 6 N–H and O–H groups in total. The number of hydrogen-bond acceptors (Lipinski definition) is 8. The van der Waals surface area contributed by atoms with Crippen LogP contribution in [0.4, 0.5) is 10.5 Å². The highest BCUT2D eigenvalue weighted by Gasteiger charge is 2.30. The van der Waals surface area contributed by atoms with Crippen molar-refractivity contribution in [1.29, 1.82) is 0 Å². The first-order valence-corrected chi connectivity index (χ1v) is 17.9. The number of aromatic amines is 1. The molecule has 272 valence electrons. The van der Waals surface area contributed by atoms with Gasteiger partial charge in [-0.15, -0.1) is 10.2 Å². The van der Waals surface area contributed by atoms with Gasteiger partial charge >= 0.3 is 6.09 Å². The number of carboxylic acid groups (broad SMARTS) is 1. The van der Waals surface area contributed by atoms with Crippen molar-refractivity contribution in [3.63, 3.8) is 0 Å². The van der Waals surface area contributed by atoms with Gasteiger partial charge in [-0.25, -0.2) is 4.79 Å². The Morgan fingerprint density at radius 1 is 0.865 bits per heavy atom. The van der Waals surface area contributed by atoms with Gasteiger partial charge in [0.25, 0.3) is 5.91 Å². The van der Waals surface area contributed by atoms with Crippen LogP contribution in [0, 0.1) is 11.8 Å². The fourth-order valence-electron chi connectivity index (χ4n) is 6.96. The van der Waals surface area contributed by atoms with E-state index in [2.05, 4.69) is 46.8 Å². The molecule has 52 heavy (non-hydrogen) atoms. The highest BCUT2D eigenvalue weighted by Crippen LogP contribution is 2.29. The first kappa shape index (κ1) is 36.2. The lowest BCUT2D eigenvalue weighted by Gasteiger charge is -2.29. The van der Waals surface area contributed by atoms with E-state index in [1.54, 1.807) is 30.3 Å². The summed E-state index contributed by atoms with van der Waals surface area (Å²) in [5.41, 5.74) is 4.45. The van der Waals surface area contributed by atoms with Crippen LogP contribution in [0.1, 0.15) is 54.4 Å². The number of tetrazole rings is 1. The highest BCUT2D eigenvalue weighted by atomic mass is 16.4. The maximum atomic E-state index is 13.8. The van der Waals surface area contributed by atoms with Crippen molar-refractivity contribution in [2.24, 2.45) is 11.8 Å². The molecule has 2 fully saturated rings. The number of carbonyl (C=O) groups excluding carboxylic acids is 3. The van der Waals surface area contributed by atoms with Gasteiger partial charge in [0.2, 0.25) is 17.6 Å². The van der Waals surface area contributed by atoms with Gasteiger partial charge in [0.05, 0.1) is 0 Å². The topological polar surface area (TPSA) is 194 Å². The maximum absolute atomic E-state index is 13.8. The zero-order chi connectivity index (χ0) is 36.3. The van der Waals surface area contributed by atoms with Crippen molar-refractivity contribution in [2.75, 3.05) is 38.0 Å². The summed E-state index contributed by atoms with van der Waals surface area (Å²) in [6.45, 7) is 3.97. The fraction of sp³-hybridized carbons (Fsp3) is 0.395. The first-order chi connectivity index (χ1) is 25.3. The van der Waals surface area contributed by atoms with Gasteiger partial charge in [-0.1, -0.05) is 36.4 Å². The molecule has 4 amide bonds. The Morgan fingerprint density at radius 2 is 1.60 bits per heavy atom. The van der Waals surface area contributed by atoms with E-state index in [0.29, 0.717) is 43.0 Å². The number of nitrogens with zero attached hydrogens (tertiary/aromatic N) is 4. The van der Waals surface area contributed by atoms with Crippen LogP contribution in [-0.4, -0.2) is 93.2 Å². The number of H-pyrrole nitrogens is 1. The molecule has 2 aliphatic rings. The van der Waals surface area contributed by atoms with Gasteiger partial charge in [0, 0.05) is 48.8 Å². The summed E-state index contributed by atoms with van der Waals surface area (Å²) in [6, 6.07) is 21.4. The van der Waals surface area contributed by atoms with E-state index in [1.807, 2.05) is 42.5 Å². The van der Waals surface area contributed by atoms with E-state index in [-0.39, 0.29) is 36.0 Å². The lowest BCUT2D eigenvalue weighted by Crippen LogP contribution is -2.48. The van der Waals surface area contributed by atoms with Crippen molar-refractivity contribution in [1.82, 2.24) is 41.5 Å². The number of amides is 4. The summed E-state index contributed by atoms with van der Waals surface area (Å²) >= 11 is 0. The van der Waals surface area contributed by atoms with Crippen molar-refractivity contribution in [3.8, 4) is 22.5 Å². The standard InChI is InChI=1S/C38H45N9O5/c48-35(39-17-20-47-18-1-2-19-47)31-8-4-7-30(23-31)29-6-3-5-26(21-29)22-33(42-36(49)28-11-9-25(10-12-28)24-40-38(51)52)37(50)41-32-15-13-27(14-16-32)34-43-45-46-44-34/h3-8,13-16,21,23,25,28,33,40H,1-2,9-12,17-20,22,24H2,(H,39,48)(H,41,50)(H,42,49)(H,51,52)(H,43,44,45,46)/t25?,28?,33-/m0/s1. The molecule has 14 heteroatoms. The van der Waals surface area contributed by atoms with Gasteiger partial charge in [-0.05, 0) is 116 Å². The Morgan fingerprint density at radius 3 is 2.31 bits per heavy atom. The quantitative estimate of drug-likeness (QED) is 0.112. The predicted molar refractivity (Wildman–Crippen MR) is 195 cm³/mol. The molecule has 3 aromatic carbocycles. The summed E-state index contributed by atoms with van der Waals surface area (Å²) in [5.74, 6) is -0.345. The number of carbonyl (C=O) groups is 4. The van der Waals surface area contributed by atoms with Crippen molar-refractivity contribution >= 4 is 29.5 Å². The number of anilines is 1. The Balaban J connectivity index is 1.14. The number of benzene rings is 3. The van der Waals surface area contributed by atoms with Crippen molar-refractivity contribution < 1.29 is 24.3 Å².